The number of aliphatic hydroxyl groups is 2. The first kappa shape index (κ1) is 41.2. The van der Waals surface area contributed by atoms with Crippen molar-refractivity contribution in [1.82, 2.24) is 0 Å². The van der Waals surface area contributed by atoms with Crippen molar-refractivity contribution in [2.75, 3.05) is 0 Å². The molecule has 0 spiro atoms. The Morgan fingerprint density at radius 1 is 0.514 bits per heavy atom. The average molecular weight is 533 g/mol. The number of carboxylic acids is 6. The van der Waals surface area contributed by atoms with Gasteiger partial charge in [0.1, 0.15) is 0 Å². The summed E-state index contributed by atoms with van der Waals surface area (Å²) in [5.41, 5.74) is -5.48. The maximum Gasteiger partial charge on any atom is 2.00 e. The van der Waals surface area contributed by atoms with Gasteiger partial charge < -0.3 is 71.5 Å². The van der Waals surface area contributed by atoms with Gasteiger partial charge in [-0.1, -0.05) is 0 Å². The van der Waals surface area contributed by atoms with Crippen molar-refractivity contribution in [2.24, 2.45) is 0 Å². The molecule has 0 aliphatic rings. The SMILES string of the molecule is O=C(O)CC(O)(CC(=O)O)C(=O)O.O=C(O)CC(O)(CC(=O)O)C(=O)O.O=[N+]([O-])[O-].O=[N+]([O-])[O-].[Mg+2]. The first-order chi connectivity index (χ1) is 15.0. The predicted octanol–water partition coefficient (Wildman–Crippen LogP) is -3.36. The first-order valence-corrected chi connectivity index (χ1v) is 7.44. The second kappa shape index (κ2) is 19.4. The Hall–Kier alpha value is -4.09. The van der Waals surface area contributed by atoms with Crippen molar-refractivity contribution >= 4 is 58.9 Å². The normalized spacial score (nSPS) is 9.43. The van der Waals surface area contributed by atoms with E-state index in [-0.39, 0.29) is 23.1 Å². The summed E-state index contributed by atoms with van der Waals surface area (Å²) in [5, 5.41) is 97.1. The number of nitrogens with zero attached hydrogens (tertiary/aromatic N) is 2. The number of rotatable bonds is 10. The van der Waals surface area contributed by atoms with Gasteiger partial charge in [0.15, 0.2) is 11.2 Å². The molecule has 0 fully saturated rings. The fraction of sp³-hybridized carbons (Fsp3) is 0.500. The van der Waals surface area contributed by atoms with Crippen LogP contribution in [0.5, 0.6) is 0 Å². The van der Waals surface area contributed by atoms with Gasteiger partial charge in [-0.3, -0.25) is 19.2 Å². The monoisotopic (exact) mass is 532 g/mol. The molecule has 0 amide bonds. The summed E-state index contributed by atoms with van der Waals surface area (Å²) < 4.78 is 0. The van der Waals surface area contributed by atoms with Gasteiger partial charge in [0.25, 0.3) is 0 Å². The Labute approximate surface area is 206 Å². The molecule has 0 rings (SSSR count). The van der Waals surface area contributed by atoms with E-state index in [1.165, 1.54) is 0 Å². The summed E-state index contributed by atoms with van der Waals surface area (Å²) in [6.07, 6.45) is -4.58. The molecule has 23 heteroatoms. The molecule has 8 N–H and O–H groups in total. The molecule has 0 heterocycles. The molecule has 0 aliphatic carbocycles. The van der Waals surface area contributed by atoms with E-state index in [2.05, 4.69) is 0 Å². The van der Waals surface area contributed by atoms with E-state index in [0.29, 0.717) is 0 Å². The van der Waals surface area contributed by atoms with E-state index in [0.717, 1.165) is 0 Å². The number of hydrogen-bond donors (Lipinski definition) is 8. The van der Waals surface area contributed by atoms with Crippen molar-refractivity contribution in [1.29, 1.82) is 0 Å². The van der Waals surface area contributed by atoms with Crippen LogP contribution in [0.2, 0.25) is 0 Å². The van der Waals surface area contributed by atoms with Crippen LogP contribution in [0.3, 0.4) is 0 Å². The number of hydrogen-bond acceptors (Lipinski definition) is 14. The van der Waals surface area contributed by atoms with Crippen LogP contribution in [0.25, 0.3) is 0 Å². The Morgan fingerprint density at radius 2 is 0.629 bits per heavy atom. The topological polar surface area (TPSA) is 397 Å². The minimum absolute atomic E-state index is 0. The van der Waals surface area contributed by atoms with E-state index >= 15 is 0 Å². The van der Waals surface area contributed by atoms with Gasteiger partial charge in [-0.2, -0.15) is 0 Å². The zero-order valence-electron chi connectivity index (χ0n) is 16.9. The Kier molecular flexibility index (Phi) is 22.8. The van der Waals surface area contributed by atoms with Crippen LogP contribution in [0.15, 0.2) is 0 Å². The Bertz CT molecular complexity index is 676. The largest absolute Gasteiger partial charge is 2.00 e. The van der Waals surface area contributed by atoms with Crippen LogP contribution in [0, 0.1) is 30.6 Å². The van der Waals surface area contributed by atoms with Crippen LogP contribution in [0.4, 0.5) is 0 Å². The third-order valence-electron chi connectivity index (χ3n) is 2.57. The quantitative estimate of drug-likeness (QED) is 0.0772. The number of carboxylic acid groups (broad SMARTS) is 6. The molecule has 0 atom stereocenters. The summed E-state index contributed by atoms with van der Waals surface area (Å²) in [7, 11) is 0. The Balaban J connectivity index is -0.000000128. The van der Waals surface area contributed by atoms with Gasteiger partial charge in [0.2, 0.25) is 0 Å². The fourth-order valence-electron chi connectivity index (χ4n) is 1.43. The van der Waals surface area contributed by atoms with Crippen molar-refractivity contribution < 1.29 is 79.8 Å². The first-order valence-electron chi connectivity index (χ1n) is 7.44. The predicted molar refractivity (Wildman–Crippen MR) is 101 cm³/mol. The van der Waals surface area contributed by atoms with Gasteiger partial charge in [0.05, 0.1) is 35.9 Å². The van der Waals surface area contributed by atoms with Gasteiger partial charge >= 0.3 is 58.9 Å². The summed E-state index contributed by atoms with van der Waals surface area (Å²) >= 11 is 0. The second-order valence-corrected chi connectivity index (χ2v) is 5.40. The van der Waals surface area contributed by atoms with Crippen LogP contribution in [-0.4, -0.2) is 121 Å². The molecule has 0 aromatic heterocycles. The summed E-state index contributed by atoms with van der Waals surface area (Å²) in [5.74, 6) is -10.0. The maximum absolute atomic E-state index is 10.3. The van der Waals surface area contributed by atoms with E-state index in [1.54, 1.807) is 0 Å². The molecule has 0 aromatic rings. The molecule has 196 valence electrons. The molecule has 0 aliphatic heterocycles. The fourth-order valence-corrected chi connectivity index (χ4v) is 1.43. The van der Waals surface area contributed by atoms with E-state index < -0.39 is 82.9 Å². The van der Waals surface area contributed by atoms with Crippen molar-refractivity contribution in [3.63, 3.8) is 0 Å². The Morgan fingerprint density at radius 3 is 0.686 bits per heavy atom. The third-order valence-corrected chi connectivity index (χ3v) is 2.57. The molecular formula is C12H16MgN2O20. The summed E-state index contributed by atoms with van der Waals surface area (Å²) in [6, 6.07) is 0. The summed E-state index contributed by atoms with van der Waals surface area (Å²) in [6.45, 7) is 0. The minimum Gasteiger partial charge on any atom is -0.481 e. The molecule has 0 aromatic carbocycles. The molecule has 22 nitrogen and oxygen atoms in total. The van der Waals surface area contributed by atoms with Gasteiger partial charge in [-0.05, 0) is 0 Å². The molecule has 0 radical (unpaired) electrons. The molecule has 35 heavy (non-hydrogen) atoms. The zero-order chi connectivity index (χ0) is 28.4. The van der Waals surface area contributed by atoms with E-state index in [4.69, 9.17) is 71.5 Å². The number of aliphatic carboxylic acids is 6. The average Bonchev–Trinajstić information content (AvgIpc) is 2.50. The van der Waals surface area contributed by atoms with Crippen LogP contribution in [-0.2, 0) is 28.8 Å². The molecule has 0 unspecified atom stereocenters. The van der Waals surface area contributed by atoms with Crippen molar-refractivity contribution in [2.45, 2.75) is 36.9 Å². The van der Waals surface area contributed by atoms with Crippen LogP contribution in [0.1, 0.15) is 25.7 Å². The molecule has 0 saturated heterocycles. The van der Waals surface area contributed by atoms with Crippen molar-refractivity contribution in [3.8, 4) is 0 Å². The summed E-state index contributed by atoms with van der Waals surface area (Å²) in [4.78, 5) is 77.5. The second-order valence-electron chi connectivity index (χ2n) is 5.40. The smallest absolute Gasteiger partial charge is 0.481 e. The van der Waals surface area contributed by atoms with Crippen molar-refractivity contribution in [3.05, 3.63) is 30.6 Å². The molecular weight excluding hydrogens is 516 g/mol. The van der Waals surface area contributed by atoms with Crippen LogP contribution >= 0.6 is 0 Å². The minimum atomic E-state index is -2.74. The molecule has 0 bridgehead atoms. The van der Waals surface area contributed by atoms with Gasteiger partial charge in [0, 0.05) is 0 Å². The van der Waals surface area contributed by atoms with Gasteiger partial charge in [-0.15, -0.1) is 0 Å². The van der Waals surface area contributed by atoms with E-state index in [9.17, 15) is 28.8 Å². The van der Waals surface area contributed by atoms with Crippen LogP contribution < -0.4 is 0 Å². The maximum atomic E-state index is 10.3. The van der Waals surface area contributed by atoms with Gasteiger partial charge in [-0.25, -0.2) is 9.59 Å². The van der Waals surface area contributed by atoms with E-state index in [1.807, 2.05) is 0 Å². The molecule has 0 saturated carbocycles. The zero-order valence-corrected chi connectivity index (χ0v) is 18.3. The standard InChI is InChI=1S/2C6H8O7.Mg.2NO3/c2*7-3(8)1-6(13,5(11)12)2-4(9)10;;2*2-1(3)4/h2*13H,1-2H2,(H,7,8)(H,9,10)(H,11,12);;;/q;;+2;2*-1. The third kappa shape index (κ3) is 29.9. The number of carbonyl (C=O) groups is 6.